The molecule has 1 aromatic carbocycles. The molecule has 1 aliphatic rings. The third kappa shape index (κ3) is 2.99. The van der Waals surface area contributed by atoms with E-state index in [1.807, 2.05) is 6.92 Å². The molecule has 0 atom stereocenters. The Morgan fingerprint density at radius 2 is 2.05 bits per heavy atom. The van der Waals surface area contributed by atoms with Gasteiger partial charge < -0.3 is 15.7 Å². The van der Waals surface area contributed by atoms with Gasteiger partial charge >= 0.3 is 5.97 Å². The number of anilines is 1. The first kappa shape index (κ1) is 14.5. The number of carboxylic acid groups (broad SMARTS) is 1. The molecule has 1 saturated heterocycles. The number of carboxylic acids is 1. The molecule has 0 spiro atoms. The van der Waals surface area contributed by atoms with E-state index < -0.39 is 5.97 Å². The Morgan fingerprint density at radius 1 is 1.35 bits per heavy atom. The average Bonchev–Trinajstić information content (AvgIpc) is 2.48. The van der Waals surface area contributed by atoms with Crippen LogP contribution in [0.15, 0.2) is 24.3 Å². The molecule has 20 heavy (non-hydrogen) atoms. The number of hydrogen-bond donors (Lipinski definition) is 3. The Balaban J connectivity index is 2.14. The molecule has 1 aromatic rings. The summed E-state index contributed by atoms with van der Waals surface area (Å²) in [7, 11) is 0. The molecule has 2 rings (SSSR count). The molecule has 1 aliphatic heterocycles. The summed E-state index contributed by atoms with van der Waals surface area (Å²) in [5.74, 6) is -1.00. The van der Waals surface area contributed by atoms with Gasteiger partial charge in [0.15, 0.2) is 0 Å². The standard InChI is InChI=1S/C15H20N2O3/c1-2-15(6-8-16-9-7-15)14(20)17-12-5-3-4-11(10-12)13(18)19/h3-5,10,16H,2,6-9H2,1H3,(H,17,20)(H,18,19). The highest BCUT2D eigenvalue weighted by Gasteiger charge is 2.37. The van der Waals surface area contributed by atoms with Gasteiger partial charge in [0.2, 0.25) is 5.91 Å². The molecule has 108 valence electrons. The Morgan fingerprint density at radius 3 is 2.65 bits per heavy atom. The van der Waals surface area contributed by atoms with E-state index in [1.54, 1.807) is 12.1 Å². The summed E-state index contributed by atoms with van der Waals surface area (Å²) in [5, 5.41) is 15.1. The largest absolute Gasteiger partial charge is 0.478 e. The molecule has 0 saturated carbocycles. The fourth-order valence-corrected chi connectivity index (χ4v) is 2.64. The summed E-state index contributed by atoms with van der Waals surface area (Å²) in [4.78, 5) is 23.5. The SMILES string of the molecule is CCC1(C(=O)Nc2cccc(C(=O)O)c2)CCNCC1. The number of piperidine rings is 1. The highest BCUT2D eigenvalue weighted by Crippen LogP contribution is 2.33. The molecule has 0 aliphatic carbocycles. The number of benzene rings is 1. The molecule has 1 heterocycles. The number of nitrogens with one attached hydrogen (secondary N) is 2. The van der Waals surface area contributed by atoms with E-state index in [0.717, 1.165) is 32.4 Å². The monoisotopic (exact) mass is 276 g/mol. The van der Waals surface area contributed by atoms with Crippen molar-refractivity contribution in [3.8, 4) is 0 Å². The maximum absolute atomic E-state index is 12.5. The van der Waals surface area contributed by atoms with E-state index in [-0.39, 0.29) is 16.9 Å². The molecular formula is C15H20N2O3. The molecule has 0 unspecified atom stereocenters. The van der Waals surface area contributed by atoms with Crippen LogP contribution in [-0.4, -0.2) is 30.1 Å². The smallest absolute Gasteiger partial charge is 0.335 e. The van der Waals surface area contributed by atoms with Crippen LogP contribution in [0.25, 0.3) is 0 Å². The minimum atomic E-state index is -0.992. The number of carbonyl (C=O) groups excluding carboxylic acids is 1. The first-order chi connectivity index (χ1) is 9.57. The van der Waals surface area contributed by atoms with E-state index in [1.165, 1.54) is 12.1 Å². The topological polar surface area (TPSA) is 78.4 Å². The van der Waals surface area contributed by atoms with Crippen molar-refractivity contribution >= 4 is 17.6 Å². The highest BCUT2D eigenvalue weighted by atomic mass is 16.4. The minimum absolute atomic E-state index is 0.0101. The van der Waals surface area contributed by atoms with Crippen molar-refractivity contribution in [3.63, 3.8) is 0 Å². The van der Waals surface area contributed by atoms with Gasteiger partial charge in [0.1, 0.15) is 0 Å². The van der Waals surface area contributed by atoms with Gasteiger partial charge in [0.05, 0.1) is 11.0 Å². The summed E-state index contributed by atoms with van der Waals surface area (Å²) >= 11 is 0. The Labute approximate surface area is 118 Å². The highest BCUT2D eigenvalue weighted by molar-refractivity contribution is 5.97. The predicted molar refractivity (Wildman–Crippen MR) is 76.9 cm³/mol. The van der Waals surface area contributed by atoms with Gasteiger partial charge in [-0.3, -0.25) is 4.79 Å². The fraction of sp³-hybridized carbons (Fsp3) is 0.467. The summed E-state index contributed by atoms with van der Waals surface area (Å²) in [6.07, 6.45) is 2.42. The lowest BCUT2D eigenvalue weighted by atomic mass is 9.76. The van der Waals surface area contributed by atoms with Gasteiger partial charge in [0, 0.05) is 5.69 Å². The molecule has 1 fully saturated rings. The average molecular weight is 276 g/mol. The zero-order valence-corrected chi connectivity index (χ0v) is 11.6. The van der Waals surface area contributed by atoms with Crippen LogP contribution in [0.2, 0.25) is 0 Å². The maximum Gasteiger partial charge on any atom is 0.335 e. The zero-order chi connectivity index (χ0) is 14.6. The lowest BCUT2D eigenvalue weighted by Gasteiger charge is -2.35. The quantitative estimate of drug-likeness (QED) is 0.787. The van der Waals surface area contributed by atoms with Gasteiger partial charge in [-0.15, -0.1) is 0 Å². The van der Waals surface area contributed by atoms with Crippen LogP contribution in [0, 0.1) is 5.41 Å². The van der Waals surface area contributed by atoms with Gasteiger partial charge in [-0.25, -0.2) is 4.79 Å². The van der Waals surface area contributed by atoms with Crippen LogP contribution in [0.5, 0.6) is 0 Å². The van der Waals surface area contributed by atoms with Crippen molar-refractivity contribution in [1.82, 2.24) is 5.32 Å². The van der Waals surface area contributed by atoms with Crippen molar-refractivity contribution in [2.45, 2.75) is 26.2 Å². The molecule has 0 bridgehead atoms. The lowest BCUT2D eigenvalue weighted by molar-refractivity contribution is -0.127. The fourth-order valence-electron chi connectivity index (χ4n) is 2.64. The number of aromatic carboxylic acids is 1. The summed E-state index contributed by atoms with van der Waals surface area (Å²) in [6, 6.07) is 6.36. The third-order valence-corrected chi connectivity index (χ3v) is 4.09. The molecule has 1 amide bonds. The van der Waals surface area contributed by atoms with E-state index in [9.17, 15) is 9.59 Å². The minimum Gasteiger partial charge on any atom is -0.478 e. The van der Waals surface area contributed by atoms with Crippen LogP contribution < -0.4 is 10.6 Å². The van der Waals surface area contributed by atoms with Crippen LogP contribution in [0.3, 0.4) is 0 Å². The van der Waals surface area contributed by atoms with Crippen LogP contribution in [-0.2, 0) is 4.79 Å². The van der Waals surface area contributed by atoms with Gasteiger partial charge in [-0.05, 0) is 50.6 Å². The maximum atomic E-state index is 12.5. The summed E-state index contributed by atoms with van der Waals surface area (Å²) < 4.78 is 0. The first-order valence-corrected chi connectivity index (χ1v) is 6.93. The molecule has 5 heteroatoms. The molecule has 3 N–H and O–H groups in total. The van der Waals surface area contributed by atoms with E-state index in [0.29, 0.717) is 5.69 Å². The Hall–Kier alpha value is -1.88. The van der Waals surface area contributed by atoms with Gasteiger partial charge in [-0.1, -0.05) is 13.0 Å². The van der Waals surface area contributed by atoms with Crippen LogP contribution in [0.1, 0.15) is 36.5 Å². The molecule has 5 nitrogen and oxygen atoms in total. The van der Waals surface area contributed by atoms with E-state index in [2.05, 4.69) is 10.6 Å². The Kier molecular flexibility index (Phi) is 4.39. The van der Waals surface area contributed by atoms with E-state index in [4.69, 9.17) is 5.11 Å². The molecule has 0 aromatic heterocycles. The normalized spacial score (nSPS) is 17.4. The Bertz CT molecular complexity index is 508. The van der Waals surface area contributed by atoms with Crippen molar-refractivity contribution in [2.24, 2.45) is 5.41 Å². The van der Waals surface area contributed by atoms with Crippen LogP contribution in [0.4, 0.5) is 5.69 Å². The first-order valence-electron chi connectivity index (χ1n) is 6.93. The van der Waals surface area contributed by atoms with Gasteiger partial charge in [0.25, 0.3) is 0 Å². The van der Waals surface area contributed by atoms with Crippen molar-refractivity contribution in [3.05, 3.63) is 29.8 Å². The number of rotatable bonds is 4. The second-order valence-corrected chi connectivity index (χ2v) is 5.22. The van der Waals surface area contributed by atoms with Crippen molar-refractivity contribution in [2.75, 3.05) is 18.4 Å². The number of carbonyl (C=O) groups is 2. The predicted octanol–water partition coefficient (Wildman–Crippen LogP) is 2.10. The number of amides is 1. The lowest BCUT2D eigenvalue weighted by Crippen LogP contribution is -2.44. The molecular weight excluding hydrogens is 256 g/mol. The van der Waals surface area contributed by atoms with Crippen molar-refractivity contribution in [1.29, 1.82) is 0 Å². The summed E-state index contributed by atoms with van der Waals surface area (Å²) in [5.41, 5.74) is 0.379. The second-order valence-electron chi connectivity index (χ2n) is 5.22. The second kappa shape index (κ2) is 6.05. The van der Waals surface area contributed by atoms with Crippen molar-refractivity contribution < 1.29 is 14.7 Å². The van der Waals surface area contributed by atoms with Crippen LogP contribution >= 0.6 is 0 Å². The molecule has 0 radical (unpaired) electrons. The zero-order valence-electron chi connectivity index (χ0n) is 11.6. The van der Waals surface area contributed by atoms with Gasteiger partial charge in [-0.2, -0.15) is 0 Å². The number of hydrogen-bond acceptors (Lipinski definition) is 3. The van der Waals surface area contributed by atoms with E-state index >= 15 is 0 Å². The summed E-state index contributed by atoms with van der Waals surface area (Å²) in [6.45, 7) is 3.71. The third-order valence-electron chi connectivity index (χ3n) is 4.09.